The number of nitrogens with one attached hydrogen (secondary N) is 1. The van der Waals surface area contributed by atoms with Crippen LogP contribution in [0.25, 0.3) is 0 Å². The Hall–Kier alpha value is -1.09. The number of rotatable bonds is 3. The van der Waals surface area contributed by atoms with Crippen LogP contribution in [0.5, 0.6) is 5.75 Å². The largest absolute Gasteiger partial charge is 0.492 e. The topological polar surface area (TPSA) is 34.1 Å². The van der Waals surface area contributed by atoms with Gasteiger partial charge in [-0.2, -0.15) is 0 Å². The highest BCUT2D eigenvalue weighted by atomic mass is 16.5. The van der Waals surface area contributed by atoms with Crippen LogP contribution in [-0.4, -0.2) is 24.7 Å². The lowest BCUT2D eigenvalue weighted by Gasteiger charge is -2.26. The summed E-state index contributed by atoms with van der Waals surface area (Å²) < 4.78 is 5.68. The third-order valence-electron chi connectivity index (χ3n) is 2.86. The number of hydrogen-bond acceptors (Lipinski definition) is 3. The van der Waals surface area contributed by atoms with Crippen LogP contribution in [0, 0.1) is 5.92 Å². The van der Waals surface area contributed by atoms with E-state index in [1.54, 1.807) is 0 Å². The van der Waals surface area contributed by atoms with Gasteiger partial charge in [-0.25, -0.2) is 0 Å². The van der Waals surface area contributed by atoms with Crippen molar-refractivity contribution < 1.29 is 6.16 Å². The van der Waals surface area contributed by atoms with Gasteiger partial charge in [-0.05, 0) is 12.1 Å². The number of aromatic nitrogens is 1. The zero-order valence-electron chi connectivity index (χ0n) is 10.3. The molecule has 2 rings (SSSR count). The first-order chi connectivity index (χ1) is 7.55. The molecule has 0 atom stereocenters. The van der Waals surface area contributed by atoms with Gasteiger partial charge in [0.15, 0.2) is 0 Å². The predicted octanol–water partition coefficient (Wildman–Crippen LogP) is 2.22. The summed E-state index contributed by atoms with van der Waals surface area (Å²) in [5.74, 6) is 1.54. The Morgan fingerprint density at radius 2 is 2.19 bits per heavy atom. The molecule has 1 aliphatic heterocycles. The summed E-state index contributed by atoms with van der Waals surface area (Å²) in [6, 6.07) is 4.06. The van der Waals surface area contributed by atoms with Gasteiger partial charge in [-0.1, -0.05) is 20.8 Å². The van der Waals surface area contributed by atoms with Crippen LogP contribution in [0.1, 0.15) is 27.9 Å². The fourth-order valence-electron chi connectivity index (χ4n) is 1.59. The molecule has 0 unspecified atom stereocenters. The molecule has 0 bridgehead atoms. The highest BCUT2D eigenvalue weighted by Crippen LogP contribution is 2.21. The molecule has 1 aliphatic rings. The maximum absolute atomic E-state index is 5.68. The minimum atomic E-state index is 0. The first kappa shape index (κ1) is 11.4. The maximum atomic E-state index is 5.68. The summed E-state index contributed by atoms with van der Waals surface area (Å²) in [7, 11) is 0. The Morgan fingerprint density at radius 1 is 1.44 bits per heavy atom. The maximum Gasteiger partial charge on any atom is 0.137 e. The molecule has 1 N–H and O–H groups in total. The molecule has 0 aliphatic carbocycles. The van der Waals surface area contributed by atoms with Crippen molar-refractivity contribution in [2.24, 2.45) is 5.92 Å². The molecule has 90 valence electrons. The normalized spacial score (nSPS) is 16.9. The summed E-state index contributed by atoms with van der Waals surface area (Å²) in [6.07, 6.45) is 1.83. The van der Waals surface area contributed by atoms with Gasteiger partial charge in [0.1, 0.15) is 5.75 Å². The van der Waals surface area contributed by atoms with Crippen LogP contribution in [0.3, 0.4) is 0 Å². The van der Waals surface area contributed by atoms with Crippen molar-refractivity contribution in [2.75, 3.05) is 19.7 Å². The molecular formula is C13H22N2O. The van der Waals surface area contributed by atoms with Crippen LogP contribution < -0.4 is 10.1 Å². The first-order valence-electron chi connectivity index (χ1n) is 5.86. The molecule has 1 saturated heterocycles. The Morgan fingerprint density at radius 3 is 2.62 bits per heavy atom. The van der Waals surface area contributed by atoms with Gasteiger partial charge in [-0.15, -0.1) is 0 Å². The first-order valence-corrected chi connectivity index (χ1v) is 5.86. The molecule has 0 aromatic carbocycles. The fraction of sp³-hybridized carbons (Fsp3) is 0.615. The summed E-state index contributed by atoms with van der Waals surface area (Å²) >= 11 is 0. The third kappa shape index (κ3) is 2.73. The van der Waals surface area contributed by atoms with Crippen molar-refractivity contribution in [3.8, 4) is 5.75 Å². The van der Waals surface area contributed by atoms with Crippen LogP contribution in [0.2, 0.25) is 0 Å². The van der Waals surface area contributed by atoms with Crippen LogP contribution in [0.4, 0.5) is 0 Å². The molecule has 1 aromatic heterocycles. The molecule has 0 amide bonds. The van der Waals surface area contributed by atoms with Crippen molar-refractivity contribution in [1.82, 2.24) is 10.3 Å². The van der Waals surface area contributed by atoms with Crippen molar-refractivity contribution >= 4 is 0 Å². The smallest absolute Gasteiger partial charge is 0.137 e. The van der Waals surface area contributed by atoms with Gasteiger partial charge in [0.25, 0.3) is 0 Å². The second-order valence-corrected chi connectivity index (χ2v) is 5.46. The lowest BCUT2D eigenvalue weighted by Crippen LogP contribution is -2.45. The number of pyridine rings is 1. The quantitative estimate of drug-likeness (QED) is 0.851. The molecule has 2 heterocycles. The van der Waals surface area contributed by atoms with Gasteiger partial charge in [0, 0.05) is 31.5 Å². The summed E-state index contributed by atoms with van der Waals surface area (Å²) in [4.78, 5) is 4.43. The van der Waals surface area contributed by atoms with Gasteiger partial charge in [-0.3, -0.25) is 4.98 Å². The fourth-order valence-corrected chi connectivity index (χ4v) is 1.59. The van der Waals surface area contributed by atoms with Gasteiger partial charge in [0.05, 0.1) is 12.8 Å². The van der Waals surface area contributed by atoms with Crippen molar-refractivity contribution in [2.45, 2.75) is 26.2 Å². The molecule has 0 saturated carbocycles. The lowest BCUT2D eigenvalue weighted by molar-refractivity contribution is 0.198. The minimum absolute atomic E-state index is 0. The average molecular weight is 222 g/mol. The lowest BCUT2D eigenvalue weighted by atomic mass is 9.92. The second-order valence-electron chi connectivity index (χ2n) is 5.46. The Labute approximate surface area is 98.7 Å². The second kappa shape index (κ2) is 4.42. The van der Waals surface area contributed by atoms with Crippen LogP contribution >= 0.6 is 0 Å². The third-order valence-corrected chi connectivity index (χ3v) is 2.86. The van der Waals surface area contributed by atoms with Gasteiger partial charge < -0.3 is 10.1 Å². The summed E-state index contributed by atoms with van der Waals surface area (Å²) in [5, 5.41) is 3.23. The molecular weight excluding hydrogens is 200 g/mol. The van der Waals surface area contributed by atoms with E-state index in [0.29, 0.717) is 5.92 Å². The molecule has 0 radical (unpaired) electrons. The van der Waals surface area contributed by atoms with Gasteiger partial charge >= 0.3 is 0 Å². The van der Waals surface area contributed by atoms with E-state index in [1.807, 2.05) is 18.3 Å². The molecule has 16 heavy (non-hydrogen) atoms. The van der Waals surface area contributed by atoms with Crippen molar-refractivity contribution in [3.05, 3.63) is 24.0 Å². The Bertz CT molecular complexity index is 341. The van der Waals surface area contributed by atoms with Crippen LogP contribution in [0.15, 0.2) is 18.3 Å². The van der Waals surface area contributed by atoms with E-state index in [2.05, 4.69) is 31.1 Å². The van der Waals surface area contributed by atoms with E-state index in [9.17, 15) is 0 Å². The Kier molecular flexibility index (Phi) is 3.15. The zero-order chi connectivity index (χ0) is 11.6. The molecule has 1 fully saturated rings. The molecule has 3 nitrogen and oxygen atoms in total. The number of hydrogen-bond donors (Lipinski definition) is 1. The van der Waals surface area contributed by atoms with Crippen LogP contribution in [-0.2, 0) is 5.41 Å². The van der Waals surface area contributed by atoms with Crippen molar-refractivity contribution in [1.29, 1.82) is 0 Å². The highest BCUT2D eigenvalue weighted by Gasteiger charge is 2.18. The molecule has 0 spiro atoms. The van der Waals surface area contributed by atoms with Gasteiger partial charge in [0.2, 0.25) is 0 Å². The number of ether oxygens (including phenoxy) is 1. The van der Waals surface area contributed by atoms with E-state index in [1.165, 1.54) is 0 Å². The van der Waals surface area contributed by atoms with Crippen molar-refractivity contribution in [3.63, 3.8) is 0 Å². The standard InChI is InChI=1S/C13H20N2O.H2/c1-13(2,3)12-5-4-11(8-15-12)16-9-10-6-14-7-10;/h4-5,8,10,14H,6-7,9H2,1-3H3;1H. The van der Waals surface area contributed by atoms with E-state index in [0.717, 1.165) is 31.1 Å². The number of nitrogens with zero attached hydrogens (tertiary/aromatic N) is 1. The summed E-state index contributed by atoms with van der Waals surface area (Å²) in [5.41, 5.74) is 1.21. The SMILES string of the molecule is CC(C)(C)c1ccc(OCC2CNC2)cn1.[HH]. The minimum Gasteiger partial charge on any atom is -0.492 e. The summed E-state index contributed by atoms with van der Waals surface area (Å²) in [6.45, 7) is 9.44. The predicted molar refractivity (Wildman–Crippen MR) is 66.9 cm³/mol. The van der Waals surface area contributed by atoms with E-state index in [4.69, 9.17) is 4.74 Å². The molecule has 1 aromatic rings. The monoisotopic (exact) mass is 222 g/mol. The molecule has 3 heteroatoms. The highest BCUT2D eigenvalue weighted by molar-refractivity contribution is 5.23. The zero-order valence-corrected chi connectivity index (χ0v) is 10.3. The van der Waals surface area contributed by atoms with E-state index >= 15 is 0 Å². The van der Waals surface area contributed by atoms with E-state index < -0.39 is 0 Å². The Balaban J connectivity index is 0.00000144. The average Bonchev–Trinajstić information content (AvgIpc) is 2.15. The van der Waals surface area contributed by atoms with E-state index in [-0.39, 0.29) is 6.84 Å².